The smallest absolute Gasteiger partial charge is 0.306 e. The molecule has 0 aliphatic carbocycles. The molecule has 2 aromatic rings. The second-order valence-electron chi connectivity index (χ2n) is 7.48. The Morgan fingerprint density at radius 3 is 2.61 bits per heavy atom. The van der Waals surface area contributed by atoms with E-state index in [4.69, 9.17) is 20.9 Å². The van der Waals surface area contributed by atoms with Crippen LogP contribution in [0.25, 0.3) is 11.3 Å². The zero-order valence-corrected chi connectivity index (χ0v) is 17.4. The monoisotopic (exact) mass is 410 g/mol. The molecule has 152 valence electrons. The molecule has 1 amide bonds. The van der Waals surface area contributed by atoms with Gasteiger partial charge in [0.05, 0.1) is 10.6 Å². The van der Waals surface area contributed by atoms with Gasteiger partial charge in [-0.1, -0.05) is 22.8 Å². The van der Waals surface area contributed by atoms with Crippen molar-refractivity contribution >= 4 is 23.5 Å². The van der Waals surface area contributed by atoms with E-state index in [1.807, 2.05) is 0 Å². The van der Waals surface area contributed by atoms with E-state index in [2.05, 4.69) is 5.16 Å². The molecule has 28 heavy (non-hydrogen) atoms. The molecule has 0 radical (unpaired) electrons. The summed E-state index contributed by atoms with van der Waals surface area (Å²) in [4.78, 5) is 26.1. The number of rotatable bonds is 6. The maximum Gasteiger partial charge on any atom is 0.306 e. The molecule has 0 fully saturated rings. The Balaban J connectivity index is 2.13. The van der Waals surface area contributed by atoms with Crippen molar-refractivity contribution < 1.29 is 23.2 Å². The Kier molecular flexibility index (Phi) is 6.82. The fraction of sp³-hybridized carbons (Fsp3) is 0.450. The Labute approximate surface area is 168 Å². The van der Waals surface area contributed by atoms with Gasteiger partial charge in [0.25, 0.3) is 5.91 Å². The Hall–Kier alpha value is -2.41. The lowest BCUT2D eigenvalue weighted by Crippen LogP contribution is -2.29. The van der Waals surface area contributed by atoms with Crippen LogP contribution in [0.4, 0.5) is 4.39 Å². The zero-order chi connectivity index (χ0) is 21.1. The van der Waals surface area contributed by atoms with E-state index in [-0.39, 0.29) is 40.0 Å². The quantitative estimate of drug-likeness (QED) is 0.649. The van der Waals surface area contributed by atoms with Crippen LogP contribution in [0.3, 0.4) is 0 Å². The average molecular weight is 411 g/mol. The van der Waals surface area contributed by atoms with Crippen molar-refractivity contribution in [2.24, 2.45) is 0 Å². The number of aromatic nitrogens is 1. The van der Waals surface area contributed by atoms with Crippen molar-refractivity contribution in [2.45, 2.75) is 46.1 Å². The van der Waals surface area contributed by atoms with Crippen molar-refractivity contribution in [3.05, 3.63) is 40.4 Å². The largest absolute Gasteiger partial charge is 0.460 e. The molecule has 0 saturated carbocycles. The first-order valence-corrected chi connectivity index (χ1v) is 9.27. The Bertz CT molecular complexity index is 853. The normalized spacial score (nSPS) is 11.4. The number of carbonyl (C=O) groups is 2. The minimum atomic E-state index is -0.595. The van der Waals surface area contributed by atoms with E-state index in [1.165, 1.54) is 23.1 Å². The van der Waals surface area contributed by atoms with E-state index < -0.39 is 17.3 Å². The number of carbonyl (C=O) groups excluding carboxylic acids is 2. The van der Waals surface area contributed by atoms with Crippen LogP contribution in [-0.2, 0) is 9.53 Å². The second-order valence-corrected chi connectivity index (χ2v) is 7.88. The molecule has 2 rings (SSSR count). The summed E-state index contributed by atoms with van der Waals surface area (Å²) in [6.45, 7) is 7.28. The fourth-order valence-corrected chi connectivity index (χ4v) is 2.92. The van der Waals surface area contributed by atoms with Crippen molar-refractivity contribution in [2.75, 3.05) is 13.6 Å². The summed E-state index contributed by atoms with van der Waals surface area (Å²) in [6.07, 6.45) is 0.612. The number of nitrogens with zero attached hydrogens (tertiary/aromatic N) is 2. The minimum Gasteiger partial charge on any atom is -0.460 e. The SMILES string of the molecule is Cc1onc(-c2c(F)cccc2Cl)c1C(=O)N(C)CCCC(=O)OC(C)(C)C. The van der Waals surface area contributed by atoms with Crippen molar-refractivity contribution in [3.63, 3.8) is 0 Å². The molecule has 0 bridgehead atoms. The molecule has 0 atom stereocenters. The van der Waals surface area contributed by atoms with Crippen LogP contribution in [0, 0.1) is 12.7 Å². The van der Waals surface area contributed by atoms with Gasteiger partial charge in [-0.2, -0.15) is 0 Å². The maximum absolute atomic E-state index is 14.3. The van der Waals surface area contributed by atoms with Gasteiger partial charge in [-0.3, -0.25) is 9.59 Å². The predicted octanol–water partition coefficient (Wildman–Crippen LogP) is 4.64. The summed E-state index contributed by atoms with van der Waals surface area (Å²) in [5.41, 5.74) is -0.324. The zero-order valence-electron chi connectivity index (χ0n) is 16.6. The third-order valence-electron chi connectivity index (χ3n) is 3.92. The van der Waals surface area contributed by atoms with Crippen LogP contribution >= 0.6 is 11.6 Å². The van der Waals surface area contributed by atoms with E-state index in [9.17, 15) is 14.0 Å². The molecule has 6 nitrogen and oxygen atoms in total. The molecular formula is C20H24ClFN2O4. The third-order valence-corrected chi connectivity index (χ3v) is 4.23. The first-order valence-electron chi connectivity index (χ1n) is 8.89. The van der Waals surface area contributed by atoms with Crippen LogP contribution in [0.15, 0.2) is 22.7 Å². The van der Waals surface area contributed by atoms with Gasteiger partial charge in [0.1, 0.15) is 28.4 Å². The number of ether oxygens (including phenoxy) is 1. The first-order chi connectivity index (χ1) is 13.0. The van der Waals surface area contributed by atoms with Gasteiger partial charge in [0, 0.05) is 20.0 Å². The van der Waals surface area contributed by atoms with Gasteiger partial charge < -0.3 is 14.2 Å². The highest BCUT2D eigenvalue weighted by Gasteiger charge is 2.27. The molecule has 8 heteroatoms. The summed E-state index contributed by atoms with van der Waals surface area (Å²) in [7, 11) is 1.59. The summed E-state index contributed by atoms with van der Waals surface area (Å²) >= 11 is 6.10. The minimum absolute atomic E-state index is 0.0199. The highest BCUT2D eigenvalue weighted by atomic mass is 35.5. The lowest BCUT2D eigenvalue weighted by molar-refractivity contribution is -0.154. The molecule has 0 spiro atoms. The molecule has 0 aliphatic rings. The third kappa shape index (κ3) is 5.32. The van der Waals surface area contributed by atoms with E-state index in [0.29, 0.717) is 13.0 Å². The summed E-state index contributed by atoms with van der Waals surface area (Å²) < 4.78 is 24.7. The van der Waals surface area contributed by atoms with Gasteiger partial charge in [0.2, 0.25) is 0 Å². The topological polar surface area (TPSA) is 72.6 Å². The van der Waals surface area contributed by atoms with E-state index >= 15 is 0 Å². The van der Waals surface area contributed by atoms with E-state index in [0.717, 1.165) is 0 Å². The van der Waals surface area contributed by atoms with Crippen LogP contribution in [0.5, 0.6) is 0 Å². The standard InChI is InChI=1S/C20H24ClFN2O4/c1-12-16(18(23-28-12)17-13(21)8-6-9-14(17)22)19(26)24(5)11-7-10-15(25)27-20(2,3)4/h6,8-9H,7,10-11H2,1-5H3. The number of aryl methyl sites for hydroxylation is 1. The van der Waals surface area contributed by atoms with Crippen LogP contribution in [0.1, 0.15) is 49.7 Å². The number of halogens is 2. The Morgan fingerprint density at radius 1 is 1.32 bits per heavy atom. The summed E-state index contributed by atoms with van der Waals surface area (Å²) in [5.74, 6) is -1.05. The highest BCUT2D eigenvalue weighted by Crippen LogP contribution is 2.33. The lowest BCUT2D eigenvalue weighted by Gasteiger charge is -2.20. The fourth-order valence-electron chi connectivity index (χ4n) is 2.66. The van der Waals surface area contributed by atoms with Gasteiger partial charge in [-0.05, 0) is 46.2 Å². The first kappa shape index (κ1) is 21.9. The van der Waals surface area contributed by atoms with Crippen molar-refractivity contribution in [1.82, 2.24) is 10.1 Å². The summed E-state index contributed by atoms with van der Waals surface area (Å²) in [6, 6.07) is 4.23. The number of hydrogen-bond acceptors (Lipinski definition) is 5. The molecule has 1 aromatic heterocycles. The lowest BCUT2D eigenvalue weighted by atomic mass is 10.0. The predicted molar refractivity (Wildman–Crippen MR) is 104 cm³/mol. The number of esters is 1. The van der Waals surface area contributed by atoms with Crippen molar-refractivity contribution in [1.29, 1.82) is 0 Å². The molecule has 0 unspecified atom stereocenters. The van der Waals surface area contributed by atoms with Gasteiger partial charge in [-0.15, -0.1) is 0 Å². The summed E-state index contributed by atoms with van der Waals surface area (Å²) in [5, 5.41) is 3.97. The molecular weight excluding hydrogens is 387 g/mol. The van der Waals surface area contributed by atoms with Gasteiger partial charge in [0.15, 0.2) is 0 Å². The van der Waals surface area contributed by atoms with Gasteiger partial charge in [-0.25, -0.2) is 4.39 Å². The number of hydrogen-bond donors (Lipinski definition) is 0. The van der Waals surface area contributed by atoms with E-state index in [1.54, 1.807) is 34.7 Å². The van der Waals surface area contributed by atoms with Gasteiger partial charge >= 0.3 is 5.97 Å². The van der Waals surface area contributed by atoms with Crippen molar-refractivity contribution in [3.8, 4) is 11.3 Å². The van der Waals surface area contributed by atoms with Crippen LogP contribution in [0.2, 0.25) is 5.02 Å². The molecule has 0 saturated heterocycles. The highest BCUT2D eigenvalue weighted by molar-refractivity contribution is 6.33. The average Bonchev–Trinajstić information content (AvgIpc) is 2.93. The maximum atomic E-state index is 14.3. The van der Waals surface area contributed by atoms with Crippen LogP contribution in [-0.4, -0.2) is 41.1 Å². The van der Waals surface area contributed by atoms with Crippen LogP contribution < -0.4 is 0 Å². The molecule has 1 aromatic carbocycles. The molecule has 0 N–H and O–H groups in total. The number of benzene rings is 1. The second kappa shape index (κ2) is 8.73. The Morgan fingerprint density at radius 2 is 2.00 bits per heavy atom. The number of amides is 1. The molecule has 0 aliphatic heterocycles. The molecule has 1 heterocycles.